The van der Waals surface area contributed by atoms with Gasteiger partial charge in [-0.3, -0.25) is 14.4 Å². The number of unbranched alkanes of at least 4 members (excludes halogenated alkanes) is 40. The summed E-state index contributed by atoms with van der Waals surface area (Å²) >= 11 is 0. The van der Waals surface area contributed by atoms with Crippen LogP contribution in [0.1, 0.15) is 342 Å². The van der Waals surface area contributed by atoms with E-state index in [-0.39, 0.29) is 31.1 Å². The molecule has 1 unspecified atom stereocenters. The van der Waals surface area contributed by atoms with Gasteiger partial charge in [-0.15, -0.1) is 0 Å². The molecule has 0 aliphatic rings. The van der Waals surface area contributed by atoms with Crippen LogP contribution in [0.5, 0.6) is 0 Å². The Morgan fingerprint density at radius 3 is 0.767 bits per heavy atom. The molecule has 0 spiro atoms. The van der Waals surface area contributed by atoms with Gasteiger partial charge in [-0.2, -0.15) is 0 Å². The lowest BCUT2D eigenvalue weighted by Crippen LogP contribution is -2.30. The average Bonchev–Trinajstić information content (AvgIpc) is 3.39. The zero-order chi connectivity index (χ0) is 52.9. The van der Waals surface area contributed by atoms with Crippen LogP contribution in [0.4, 0.5) is 0 Å². The molecule has 0 rings (SSSR count). The van der Waals surface area contributed by atoms with Gasteiger partial charge in [0.2, 0.25) is 0 Å². The molecule has 0 bridgehead atoms. The van der Waals surface area contributed by atoms with Crippen LogP contribution >= 0.6 is 0 Å². The maximum Gasteiger partial charge on any atom is 0.306 e. The minimum absolute atomic E-state index is 0.0776. The molecule has 0 aliphatic heterocycles. The van der Waals surface area contributed by atoms with Crippen LogP contribution in [0, 0.1) is 0 Å². The zero-order valence-corrected chi connectivity index (χ0v) is 48.9. The van der Waals surface area contributed by atoms with Gasteiger partial charge in [-0.05, 0) is 103 Å². The maximum atomic E-state index is 12.9. The standard InChI is InChI=1S/C67H122O6/c1-4-7-10-13-16-19-22-25-28-31-33-34-35-37-39-42-45-48-51-54-57-60-66(69)72-63-64(62-71-65(68)59-56-53-50-47-44-41-38-30-27-24-21-18-15-12-9-6-3)73-67(70)61-58-55-52-49-46-43-40-36-32-29-26-23-20-17-14-11-8-5-2/h22,25,29-33,38,64H,4-21,23-24,26-28,34-37,39-63H2,1-3H3/b25-22-,32-29-,33-31-,38-30-. The van der Waals surface area contributed by atoms with Gasteiger partial charge in [0.1, 0.15) is 13.2 Å². The van der Waals surface area contributed by atoms with Crippen molar-refractivity contribution in [2.45, 2.75) is 348 Å². The Kier molecular flexibility index (Phi) is 59.7. The first-order valence-corrected chi connectivity index (χ1v) is 32.1. The van der Waals surface area contributed by atoms with Crippen LogP contribution in [-0.2, 0) is 28.6 Å². The molecule has 0 amide bonds. The van der Waals surface area contributed by atoms with E-state index in [9.17, 15) is 14.4 Å². The largest absolute Gasteiger partial charge is 0.462 e. The molecule has 6 nitrogen and oxygen atoms in total. The molecule has 426 valence electrons. The number of carbonyl (C=O) groups is 3. The van der Waals surface area contributed by atoms with Crippen LogP contribution in [-0.4, -0.2) is 37.2 Å². The van der Waals surface area contributed by atoms with Crippen molar-refractivity contribution in [2.24, 2.45) is 0 Å². The number of hydrogen-bond donors (Lipinski definition) is 0. The zero-order valence-electron chi connectivity index (χ0n) is 48.9. The molecule has 0 heterocycles. The summed E-state index contributed by atoms with van der Waals surface area (Å²) in [7, 11) is 0. The van der Waals surface area contributed by atoms with Crippen molar-refractivity contribution in [3.8, 4) is 0 Å². The Hall–Kier alpha value is -2.63. The lowest BCUT2D eigenvalue weighted by molar-refractivity contribution is -0.167. The Bertz CT molecular complexity index is 1270. The van der Waals surface area contributed by atoms with Gasteiger partial charge in [-0.1, -0.05) is 268 Å². The monoisotopic (exact) mass is 1020 g/mol. The van der Waals surface area contributed by atoms with Gasteiger partial charge in [0, 0.05) is 19.3 Å². The number of ether oxygens (including phenoxy) is 3. The third-order valence-corrected chi connectivity index (χ3v) is 14.3. The summed E-state index contributed by atoms with van der Waals surface area (Å²) in [6, 6.07) is 0. The molecule has 73 heavy (non-hydrogen) atoms. The summed E-state index contributed by atoms with van der Waals surface area (Å²) in [5, 5.41) is 0. The summed E-state index contributed by atoms with van der Waals surface area (Å²) in [4.78, 5) is 38.3. The SMILES string of the molecule is CCCCCCC/C=C\C/C=C\CCCCCCCCCCCC(=O)OCC(COC(=O)CCCCCCC/C=C\CCCCCCCCC)OC(=O)CCCCCCCCC/C=C\CCCCCCCCC. The topological polar surface area (TPSA) is 78.9 Å². The van der Waals surface area contributed by atoms with Crippen molar-refractivity contribution in [2.75, 3.05) is 13.2 Å². The first-order valence-electron chi connectivity index (χ1n) is 32.1. The number of allylic oxidation sites excluding steroid dienone is 8. The maximum absolute atomic E-state index is 12.9. The first-order chi connectivity index (χ1) is 36.0. The van der Waals surface area contributed by atoms with Crippen LogP contribution in [0.2, 0.25) is 0 Å². The van der Waals surface area contributed by atoms with Gasteiger partial charge in [0.05, 0.1) is 0 Å². The Balaban J connectivity index is 4.36. The lowest BCUT2D eigenvalue weighted by atomic mass is 10.1. The minimum atomic E-state index is -0.781. The second-order valence-corrected chi connectivity index (χ2v) is 21.7. The molecule has 0 radical (unpaired) electrons. The fourth-order valence-corrected chi connectivity index (χ4v) is 9.41. The van der Waals surface area contributed by atoms with Crippen LogP contribution < -0.4 is 0 Å². The van der Waals surface area contributed by atoms with E-state index < -0.39 is 6.10 Å². The number of carbonyl (C=O) groups excluding carboxylic acids is 3. The van der Waals surface area contributed by atoms with E-state index in [1.54, 1.807) is 0 Å². The highest BCUT2D eigenvalue weighted by atomic mass is 16.6. The van der Waals surface area contributed by atoms with E-state index in [2.05, 4.69) is 69.4 Å². The van der Waals surface area contributed by atoms with Gasteiger partial charge in [0.15, 0.2) is 6.10 Å². The van der Waals surface area contributed by atoms with E-state index in [0.29, 0.717) is 19.3 Å². The Morgan fingerprint density at radius 1 is 0.274 bits per heavy atom. The van der Waals surface area contributed by atoms with E-state index >= 15 is 0 Å². The first kappa shape index (κ1) is 70.4. The Labute approximate surface area is 454 Å². The quantitative estimate of drug-likeness (QED) is 0.0261. The van der Waals surface area contributed by atoms with Gasteiger partial charge < -0.3 is 14.2 Å². The van der Waals surface area contributed by atoms with Crippen molar-refractivity contribution in [3.05, 3.63) is 48.6 Å². The van der Waals surface area contributed by atoms with Crippen molar-refractivity contribution in [3.63, 3.8) is 0 Å². The molecule has 0 aromatic rings. The van der Waals surface area contributed by atoms with Crippen molar-refractivity contribution in [1.82, 2.24) is 0 Å². The summed E-state index contributed by atoms with van der Waals surface area (Å²) < 4.78 is 16.9. The van der Waals surface area contributed by atoms with E-state index in [1.165, 1.54) is 231 Å². The molecular weight excluding hydrogens is 901 g/mol. The summed E-state index contributed by atoms with van der Waals surface area (Å²) in [6.45, 7) is 6.66. The normalized spacial score (nSPS) is 12.3. The van der Waals surface area contributed by atoms with Gasteiger partial charge >= 0.3 is 17.9 Å². The predicted octanol–water partition coefficient (Wildman–Crippen LogP) is 21.8. The average molecular weight is 1020 g/mol. The van der Waals surface area contributed by atoms with Crippen LogP contribution in [0.3, 0.4) is 0 Å². The molecule has 1 atom stereocenters. The molecule has 0 aromatic heterocycles. The third kappa shape index (κ3) is 60.1. The van der Waals surface area contributed by atoms with Crippen LogP contribution in [0.25, 0.3) is 0 Å². The highest BCUT2D eigenvalue weighted by Crippen LogP contribution is 2.16. The summed E-state index contributed by atoms with van der Waals surface area (Å²) in [5.74, 6) is -0.875. The molecule has 0 saturated heterocycles. The lowest BCUT2D eigenvalue weighted by Gasteiger charge is -2.18. The minimum Gasteiger partial charge on any atom is -0.462 e. The molecule has 0 aliphatic carbocycles. The van der Waals surface area contributed by atoms with E-state index in [1.807, 2.05) is 0 Å². The number of hydrogen-bond acceptors (Lipinski definition) is 6. The van der Waals surface area contributed by atoms with E-state index in [0.717, 1.165) is 70.6 Å². The van der Waals surface area contributed by atoms with Crippen LogP contribution in [0.15, 0.2) is 48.6 Å². The number of esters is 3. The second-order valence-electron chi connectivity index (χ2n) is 21.7. The fourth-order valence-electron chi connectivity index (χ4n) is 9.41. The van der Waals surface area contributed by atoms with Crippen molar-refractivity contribution < 1.29 is 28.6 Å². The van der Waals surface area contributed by atoms with Gasteiger partial charge in [0.25, 0.3) is 0 Å². The molecule has 0 N–H and O–H groups in total. The smallest absolute Gasteiger partial charge is 0.306 e. The van der Waals surface area contributed by atoms with Crippen molar-refractivity contribution in [1.29, 1.82) is 0 Å². The molecular formula is C67H122O6. The second kappa shape index (κ2) is 61.9. The number of rotatable bonds is 59. The Morgan fingerprint density at radius 2 is 0.493 bits per heavy atom. The highest BCUT2D eigenvalue weighted by molar-refractivity contribution is 5.71. The molecule has 0 fully saturated rings. The summed E-state index contributed by atoms with van der Waals surface area (Å²) in [5.41, 5.74) is 0. The van der Waals surface area contributed by atoms with Gasteiger partial charge in [-0.25, -0.2) is 0 Å². The molecule has 0 saturated carbocycles. The molecule has 0 aromatic carbocycles. The fraction of sp³-hybridized carbons (Fsp3) is 0.836. The van der Waals surface area contributed by atoms with E-state index in [4.69, 9.17) is 14.2 Å². The summed E-state index contributed by atoms with van der Waals surface area (Å²) in [6.07, 6.45) is 76.8. The van der Waals surface area contributed by atoms with Crippen molar-refractivity contribution >= 4 is 17.9 Å². The molecule has 6 heteroatoms. The third-order valence-electron chi connectivity index (χ3n) is 14.3. The highest BCUT2D eigenvalue weighted by Gasteiger charge is 2.19. The predicted molar refractivity (Wildman–Crippen MR) is 316 cm³/mol.